The van der Waals surface area contributed by atoms with Crippen molar-refractivity contribution in [3.05, 3.63) is 77.2 Å². The molecule has 7 nitrogen and oxygen atoms in total. The second-order valence-electron chi connectivity index (χ2n) is 8.00. The van der Waals surface area contributed by atoms with E-state index >= 15 is 0 Å². The number of rotatable bonds is 6. The van der Waals surface area contributed by atoms with Crippen LogP contribution in [-0.2, 0) is 11.2 Å². The number of halogens is 1. The molecule has 0 bridgehead atoms. The van der Waals surface area contributed by atoms with Crippen LogP contribution in [0.1, 0.15) is 46.8 Å². The smallest absolute Gasteiger partial charge is 0.289 e. The van der Waals surface area contributed by atoms with Gasteiger partial charge in [0.05, 0.1) is 5.69 Å². The average Bonchev–Trinajstić information content (AvgIpc) is 3.38. The highest BCUT2D eigenvalue weighted by molar-refractivity contribution is 6.01. The Labute approximate surface area is 179 Å². The summed E-state index contributed by atoms with van der Waals surface area (Å²) >= 11 is 0. The maximum atomic E-state index is 14.4. The number of aryl methyl sites for hydroxylation is 1. The van der Waals surface area contributed by atoms with Crippen LogP contribution >= 0.6 is 0 Å². The second-order valence-corrected chi connectivity index (χ2v) is 8.00. The molecule has 160 valence electrons. The molecule has 31 heavy (non-hydrogen) atoms. The lowest BCUT2D eigenvalue weighted by atomic mass is 10.0. The molecule has 3 N–H and O–H groups in total. The van der Waals surface area contributed by atoms with Crippen molar-refractivity contribution in [1.29, 1.82) is 0 Å². The molecule has 3 atom stereocenters. The number of nitrogens with one attached hydrogen (secondary N) is 3. The summed E-state index contributed by atoms with van der Waals surface area (Å²) in [5.41, 5.74) is 2.61. The van der Waals surface area contributed by atoms with Crippen molar-refractivity contribution in [3.8, 4) is 0 Å². The molecule has 0 spiro atoms. The standard InChI is InChI=1S/C23H24FN5O2/c1-4-5-6-7-12(2)10-18-25-21(29-28-18)23(31)27-20-16-11-14(16)15-8-13(3)9-17(24)19(15)26-22(20)30/h4-9,14,16,20H,2,10-11H2,1,3H3,(H,26,30)(H,27,31)(H,25,28,29)/b5-4-,7-6-/t14-,16-,20?/m1/s1. The lowest BCUT2D eigenvalue weighted by Crippen LogP contribution is -2.45. The van der Waals surface area contributed by atoms with Gasteiger partial charge in [0.2, 0.25) is 11.7 Å². The van der Waals surface area contributed by atoms with E-state index in [1.165, 1.54) is 6.07 Å². The fraction of sp³-hybridized carbons (Fsp3) is 0.304. The SMILES string of the molecule is C=C(/C=C\C=C/C)Cc1nnc(C(=O)NC2C(=O)Nc3c(F)cc(C)cc3[C@H]3C[C@@H]23)[nH]1. The molecule has 2 aliphatic rings. The zero-order valence-electron chi connectivity index (χ0n) is 17.4. The van der Waals surface area contributed by atoms with Crippen molar-refractivity contribution in [2.45, 2.75) is 38.6 Å². The summed E-state index contributed by atoms with van der Waals surface area (Å²) in [5.74, 6) is -0.929. The number of fused-ring (bicyclic) bond motifs is 3. The van der Waals surface area contributed by atoms with Gasteiger partial charge in [0.1, 0.15) is 17.7 Å². The fourth-order valence-corrected chi connectivity index (χ4v) is 3.97. The van der Waals surface area contributed by atoms with Crippen LogP contribution in [0.25, 0.3) is 0 Å². The monoisotopic (exact) mass is 421 g/mol. The molecule has 2 aromatic rings. The number of aromatic amines is 1. The lowest BCUT2D eigenvalue weighted by Gasteiger charge is -2.16. The fourth-order valence-electron chi connectivity index (χ4n) is 3.97. The molecule has 2 heterocycles. The van der Waals surface area contributed by atoms with E-state index in [1.807, 2.05) is 44.2 Å². The van der Waals surface area contributed by atoms with E-state index in [1.54, 1.807) is 0 Å². The van der Waals surface area contributed by atoms with Crippen molar-refractivity contribution in [3.63, 3.8) is 0 Å². The van der Waals surface area contributed by atoms with Crippen molar-refractivity contribution in [2.24, 2.45) is 5.92 Å². The summed E-state index contributed by atoms with van der Waals surface area (Å²) in [6, 6.07) is 2.53. The van der Waals surface area contributed by atoms with Crippen LogP contribution in [0.4, 0.5) is 10.1 Å². The lowest BCUT2D eigenvalue weighted by molar-refractivity contribution is -0.118. The van der Waals surface area contributed by atoms with Gasteiger partial charge in [0, 0.05) is 6.42 Å². The van der Waals surface area contributed by atoms with Gasteiger partial charge < -0.3 is 15.6 Å². The van der Waals surface area contributed by atoms with Gasteiger partial charge in [-0.15, -0.1) is 10.2 Å². The van der Waals surface area contributed by atoms with Crippen LogP contribution in [0.5, 0.6) is 0 Å². The molecular weight excluding hydrogens is 397 g/mol. The summed E-state index contributed by atoms with van der Waals surface area (Å²) in [5, 5.41) is 13.3. The van der Waals surface area contributed by atoms with Gasteiger partial charge >= 0.3 is 0 Å². The number of benzene rings is 1. The highest BCUT2D eigenvalue weighted by Gasteiger charge is 2.51. The van der Waals surface area contributed by atoms with Gasteiger partial charge in [-0.3, -0.25) is 9.59 Å². The van der Waals surface area contributed by atoms with Crippen molar-refractivity contribution in [1.82, 2.24) is 20.5 Å². The minimum absolute atomic E-state index is 0.0222. The minimum Gasteiger partial charge on any atom is -0.337 e. The first-order valence-corrected chi connectivity index (χ1v) is 10.2. The first-order valence-electron chi connectivity index (χ1n) is 10.2. The maximum absolute atomic E-state index is 14.4. The number of hydrogen-bond acceptors (Lipinski definition) is 4. The highest BCUT2D eigenvalue weighted by Crippen LogP contribution is 2.54. The molecule has 1 aromatic heterocycles. The Balaban J connectivity index is 1.44. The Morgan fingerprint density at radius 1 is 1.35 bits per heavy atom. The molecule has 2 amide bonds. The van der Waals surface area contributed by atoms with Crippen molar-refractivity contribution >= 4 is 17.5 Å². The number of nitrogens with zero attached hydrogens (tertiary/aromatic N) is 2. The molecule has 1 unspecified atom stereocenters. The average molecular weight is 421 g/mol. The maximum Gasteiger partial charge on any atom is 0.289 e. The summed E-state index contributed by atoms with van der Waals surface area (Å²) in [6.45, 7) is 7.68. The number of allylic oxidation sites excluding steroid dienone is 5. The topological polar surface area (TPSA) is 99.8 Å². The number of aromatic nitrogens is 3. The number of carbonyl (C=O) groups excluding carboxylic acids is 2. The second kappa shape index (κ2) is 8.29. The summed E-state index contributed by atoms with van der Waals surface area (Å²) < 4.78 is 14.4. The van der Waals surface area contributed by atoms with Gasteiger partial charge in [0.15, 0.2) is 0 Å². The normalized spacial score (nSPS) is 22.0. The number of hydrogen-bond donors (Lipinski definition) is 3. The Kier molecular flexibility index (Phi) is 5.54. The third-order valence-electron chi connectivity index (χ3n) is 5.53. The predicted octanol–water partition coefficient (Wildman–Crippen LogP) is 3.34. The van der Waals surface area contributed by atoms with Crippen LogP contribution in [0.3, 0.4) is 0 Å². The molecule has 1 aliphatic carbocycles. The number of H-pyrrole nitrogens is 1. The Hall–Kier alpha value is -3.55. The molecule has 4 rings (SSSR count). The third-order valence-corrected chi connectivity index (χ3v) is 5.53. The molecule has 1 fully saturated rings. The van der Waals surface area contributed by atoms with Gasteiger partial charge in [-0.25, -0.2) is 4.39 Å². The summed E-state index contributed by atoms with van der Waals surface area (Å²) in [4.78, 5) is 28.3. The quantitative estimate of drug-likeness (QED) is 0.623. The molecule has 1 aromatic carbocycles. The van der Waals surface area contributed by atoms with E-state index in [4.69, 9.17) is 0 Å². The summed E-state index contributed by atoms with van der Waals surface area (Å²) in [6.07, 6.45) is 8.64. The Bertz CT molecular complexity index is 1120. The van der Waals surface area contributed by atoms with Crippen molar-refractivity contribution < 1.29 is 14.0 Å². The third kappa shape index (κ3) is 4.33. The molecule has 1 aliphatic heterocycles. The number of anilines is 1. The van der Waals surface area contributed by atoms with Gasteiger partial charge in [-0.2, -0.15) is 0 Å². The molecule has 0 saturated heterocycles. The molecular formula is C23H24FN5O2. The minimum atomic E-state index is -0.767. The Morgan fingerprint density at radius 3 is 2.94 bits per heavy atom. The van der Waals surface area contributed by atoms with E-state index in [9.17, 15) is 14.0 Å². The highest BCUT2D eigenvalue weighted by atomic mass is 19.1. The summed E-state index contributed by atoms with van der Waals surface area (Å²) in [7, 11) is 0. The zero-order chi connectivity index (χ0) is 22.1. The van der Waals surface area contributed by atoms with E-state index in [2.05, 4.69) is 32.4 Å². The van der Waals surface area contributed by atoms with E-state index in [0.29, 0.717) is 18.7 Å². The van der Waals surface area contributed by atoms with Crippen LogP contribution in [-0.4, -0.2) is 33.0 Å². The van der Waals surface area contributed by atoms with E-state index < -0.39 is 23.7 Å². The van der Waals surface area contributed by atoms with Crippen LogP contribution in [0, 0.1) is 18.7 Å². The van der Waals surface area contributed by atoms with Crippen LogP contribution in [0.2, 0.25) is 0 Å². The number of amides is 2. The molecule has 8 heteroatoms. The van der Waals surface area contributed by atoms with Gasteiger partial charge in [-0.05, 0) is 54.9 Å². The number of carbonyl (C=O) groups is 2. The van der Waals surface area contributed by atoms with Gasteiger partial charge in [0.25, 0.3) is 5.91 Å². The van der Waals surface area contributed by atoms with Crippen LogP contribution < -0.4 is 10.6 Å². The predicted molar refractivity (Wildman–Crippen MR) is 115 cm³/mol. The van der Waals surface area contributed by atoms with E-state index in [-0.39, 0.29) is 23.3 Å². The van der Waals surface area contributed by atoms with Crippen molar-refractivity contribution in [2.75, 3.05) is 5.32 Å². The van der Waals surface area contributed by atoms with Crippen LogP contribution in [0.15, 0.2) is 48.6 Å². The first-order chi connectivity index (χ1) is 14.9. The van der Waals surface area contributed by atoms with E-state index in [0.717, 1.165) is 16.7 Å². The zero-order valence-corrected chi connectivity index (χ0v) is 17.4. The molecule has 0 radical (unpaired) electrons. The largest absolute Gasteiger partial charge is 0.337 e. The molecule has 1 saturated carbocycles. The first kappa shape index (κ1) is 20.7. The van der Waals surface area contributed by atoms with Gasteiger partial charge in [-0.1, -0.05) is 36.9 Å². The Morgan fingerprint density at radius 2 is 2.16 bits per heavy atom.